The van der Waals surface area contributed by atoms with Gasteiger partial charge in [0.25, 0.3) is 0 Å². The van der Waals surface area contributed by atoms with Crippen LogP contribution in [0, 0.1) is 0 Å². The number of benzene rings is 2. The highest BCUT2D eigenvalue weighted by atomic mass is 16.5. The molecule has 0 bridgehead atoms. The molecule has 0 aliphatic rings. The second-order valence-electron chi connectivity index (χ2n) is 6.10. The average molecular weight is 412 g/mol. The van der Waals surface area contributed by atoms with Crippen molar-refractivity contribution in [2.75, 3.05) is 28.4 Å². The summed E-state index contributed by atoms with van der Waals surface area (Å²) in [5.41, 5.74) is 1.31. The highest BCUT2D eigenvalue weighted by molar-refractivity contribution is 6.15. The predicted molar refractivity (Wildman–Crippen MR) is 113 cm³/mol. The van der Waals surface area contributed by atoms with Crippen LogP contribution in [0.2, 0.25) is 0 Å². The van der Waals surface area contributed by atoms with Gasteiger partial charge in [-0.2, -0.15) is 0 Å². The maximum atomic E-state index is 12.1. The maximum Gasteiger partial charge on any atom is 0.192 e. The molecule has 0 amide bonds. The minimum Gasteiger partial charge on any atom is -0.493 e. The maximum absolute atomic E-state index is 12.1. The molecule has 0 atom stereocenters. The van der Waals surface area contributed by atoms with Crippen LogP contribution in [0.1, 0.15) is 11.1 Å². The van der Waals surface area contributed by atoms with Crippen LogP contribution in [0.3, 0.4) is 0 Å². The molecule has 0 aliphatic heterocycles. The van der Waals surface area contributed by atoms with E-state index in [1.807, 2.05) is 0 Å². The fraction of sp³-hybridized carbons (Fsp3) is 0.217. The standard InChI is InChI=1S/C23H24O7/c1-27-19-11-7-15(13-21(19)29-3)5-9-17(24)23(26)18(25)10-6-16-8-12-20(28-2)22(14-16)30-4/h5-14,23,26H,1-4H3/b9-5+,10-6+. The molecular formula is C23H24O7. The van der Waals surface area contributed by atoms with Crippen LogP contribution in [0.15, 0.2) is 48.6 Å². The summed E-state index contributed by atoms with van der Waals surface area (Å²) in [5.74, 6) is 0.648. The van der Waals surface area contributed by atoms with Crippen molar-refractivity contribution in [3.63, 3.8) is 0 Å². The number of methoxy groups -OCH3 is 4. The van der Waals surface area contributed by atoms with Crippen LogP contribution < -0.4 is 18.9 Å². The lowest BCUT2D eigenvalue weighted by atomic mass is 10.1. The van der Waals surface area contributed by atoms with Crippen molar-refractivity contribution in [1.82, 2.24) is 0 Å². The third-order valence-electron chi connectivity index (χ3n) is 4.23. The van der Waals surface area contributed by atoms with Gasteiger partial charge in [0, 0.05) is 0 Å². The van der Waals surface area contributed by atoms with Gasteiger partial charge in [-0.1, -0.05) is 24.3 Å². The minimum atomic E-state index is -1.79. The monoisotopic (exact) mass is 412 g/mol. The first-order chi connectivity index (χ1) is 14.4. The van der Waals surface area contributed by atoms with E-state index in [2.05, 4.69) is 0 Å². The SMILES string of the molecule is COc1ccc(/C=C/C(=O)C(O)C(=O)/C=C/c2ccc(OC)c(OC)c2)cc1OC. The molecule has 30 heavy (non-hydrogen) atoms. The van der Waals surface area contributed by atoms with Crippen molar-refractivity contribution in [2.45, 2.75) is 6.10 Å². The van der Waals surface area contributed by atoms with Gasteiger partial charge in [-0.15, -0.1) is 0 Å². The first kappa shape index (κ1) is 22.7. The van der Waals surface area contributed by atoms with Gasteiger partial charge in [0.05, 0.1) is 28.4 Å². The number of hydrogen-bond acceptors (Lipinski definition) is 7. The van der Waals surface area contributed by atoms with Crippen molar-refractivity contribution in [3.05, 3.63) is 59.7 Å². The molecular weight excluding hydrogens is 388 g/mol. The highest BCUT2D eigenvalue weighted by Crippen LogP contribution is 2.29. The Kier molecular flexibility index (Phi) is 8.19. The number of carbonyl (C=O) groups excluding carboxylic acids is 2. The lowest BCUT2D eigenvalue weighted by Crippen LogP contribution is -2.26. The van der Waals surface area contributed by atoms with Gasteiger partial charge in [0.1, 0.15) is 0 Å². The van der Waals surface area contributed by atoms with Gasteiger partial charge in [-0.3, -0.25) is 9.59 Å². The van der Waals surface area contributed by atoms with E-state index < -0.39 is 17.7 Å². The van der Waals surface area contributed by atoms with Gasteiger partial charge >= 0.3 is 0 Å². The Morgan fingerprint density at radius 1 is 0.700 bits per heavy atom. The van der Waals surface area contributed by atoms with Crippen molar-refractivity contribution >= 4 is 23.7 Å². The third kappa shape index (κ3) is 5.71. The number of aliphatic hydroxyl groups excluding tert-OH is 1. The second-order valence-corrected chi connectivity index (χ2v) is 6.10. The minimum absolute atomic E-state index is 0.501. The summed E-state index contributed by atoms with van der Waals surface area (Å²) < 4.78 is 20.7. The normalized spacial score (nSPS) is 11.1. The van der Waals surface area contributed by atoms with Gasteiger partial charge in [-0.05, 0) is 47.5 Å². The van der Waals surface area contributed by atoms with Gasteiger partial charge in [-0.25, -0.2) is 0 Å². The molecule has 7 nitrogen and oxygen atoms in total. The van der Waals surface area contributed by atoms with Crippen LogP contribution in [-0.2, 0) is 9.59 Å². The number of carbonyl (C=O) groups is 2. The highest BCUT2D eigenvalue weighted by Gasteiger charge is 2.19. The van der Waals surface area contributed by atoms with Gasteiger partial charge < -0.3 is 24.1 Å². The predicted octanol–water partition coefficient (Wildman–Crippen LogP) is 2.95. The molecule has 0 radical (unpaired) electrons. The molecule has 2 rings (SSSR count). The van der Waals surface area contributed by atoms with Crippen molar-refractivity contribution < 1.29 is 33.6 Å². The van der Waals surface area contributed by atoms with E-state index >= 15 is 0 Å². The van der Waals surface area contributed by atoms with E-state index in [0.29, 0.717) is 34.1 Å². The molecule has 0 fully saturated rings. The zero-order chi connectivity index (χ0) is 22.1. The molecule has 158 valence electrons. The summed E-state index contributed by atoms with van der Waals surface area (Å²) in [4.78, 5) is 24.3. The van der Waals surface area contributed by atoms with Crippen LogP contribution in [-0.4, -0.2) is 51.2 Å². The largest absolute Gasteiger partial charge is 0.493 e. The Labute approximate surface area is 175 Å². The molecule has 0 saturated heterocycles. The van der Waals surface area contributed by atoms with Gasteiger partial charge in [0.15, 0.2) is 40.7 Å². The van der Waals surface area contributed by atoms with Crippen molar-refractivity contribution in [2.24, 2.45) is 0 Å². The Morgan fingerprint density at radius 2 is 1.07 bits per heavy atom. The number of aliphatic hydroxyl groups is 1. The second kappa shape index (κ2) is 10.8. The summed E-state index contributed by atoms with van der Waals surface area (Å²) in [5, 5.41) is 10.0. The van der Waals surface area contributed by atoms with E-state index in [-0.39, 0.29) is 0 Å². The molecule has 0 aromatic heterocycles. The molecule has 2 aromatic carbocycles. The summed E-state index contributed by atoms with van der Waals surface area (Å²) in [7, 11) is 6.05. The van der Waals surface area contributed by atoms with Gasteiger partial charge in [0.2, 0.25) is 0 Å². The molecule has 0 unspecified atom stereocenters. The van der Waals surface area contributed by atoms with E-state index in [1.54, 1.807) is 36.4 Å². The smallest absolute Gasteiger partial charge is 0.192 e. The lowest BCUT2D eigenvalue weighted by molar-refractivity contribution is -0.132. The van der Waals surface area contributed by atoms with E-state index in [9.17, 15) is 14.7 Å². The van der Waals surface area contributed by atoms with Crippen LogP contribution >= 0.6 is 0 Å². The fourth-order valence-corrected chi connectivity index (χ4v) is 2.59. The van der Waals surface area contributed by atoms with E-state index in [4.69, 9.17) is 18.9 Å². The third-order valence-corrected chi connectivity index (χ3v) is 4.23. The number of hydrogen-bond donors (Lipinski definition) is 1. The summed E-state index contributed by atoms with van der Waals surface area (Å²) >= 11 is 0. The zero-order valence-electron chi connectivity index (χ0n) is 17.2. The molecule has 0 heterocycles. The summed E-state index contributed by atoms with van der Waals surface area (Å²) in [6, 6.07) is 10.2. The van der Waals surface area contributed by atoms with Crippen LogP contribution in [0.4, 0.5) is 0 Å². The summed E-state index contributed by atoms with van der Waals surface area (Å²) in [6.07, 6.45) is 3.47. The molecule has 0 aliphatic carbocycles. The Hall–Kier alpha value is -3.58. The molecule has 2 aromatic rings. The fourth-order valence-electron chi connectivity index (χ4n) is 2.59. The Bertz CT molecular complexity index is 883. The van der Waals surface area contributed by atoms with Crippen molar-refractivity contribution in [3.8, 4) is 23.0 Å². The number of ketones is 2. The Morgan fingerprint density at radius 3 is 1.40 bits per heavy atom. The molecule has 0 spiro atoms. The zero-order valence-corrected chi connectivity index (χ0v) is 17.2. The summed E-state index contributed by atoms with van der Waals surface area (Å²) in [6.45, 7) is 0. The number of rotatable bonds is 10. The molecule has 0 saturated carbocycles. The van der Waals surface area contributed by atoms with Crippen LogP contribution in [0.5, 0.6) is 23.0 Å². The first-order valence-electron chi connectivity index (χ1n) is 8.99. The quantitative estimate of drug-likeness (QED) is 0.474. The van der Waals surface area contributed by atoms with Crippen LogP contribution in [0.25, 0.3) is 12.2 Å². The Balaban J connectivity index is 2.06. The van der Waals surface area contributed by atoms with E-state index in [1.165, 1.54) is 40.6 Å². The molecule has 1 N–H and O–H groups in total. The first-order valence-corrected chi connectivity index (χ1v) is 8.99. The molecule has 7 heteroatoms. The van der Waals surface area contributed by atoms with Crippen molar-refractivity contribution in [1.29, 1.82) is 0 Å². The van der Waals surface area contributed by atoms with E-state index in [0.717, 1.165) is 12.2 Å². The average Bonchev–Trinajstić information content (AvgIpc) is 2.79. The lowest BCUT2D eigenvalue weighted by Gasteiger charge is -2.08. The topological polar surface area (TPSA) is 91.3 Å². The number of ether oxygens (including phenoxy) is 4.